The van der Waals surface area contributed by atoms with Gasteiger partial charge in [-0.25, -0.2) is 0 Å². The van der Waals surface area contributed by atoms with Crippen molar-refractivity contribution in [2.24, 2.45) is 0 Å². The van der Waals surface area contributed by atoms with Gasteiger partial charge in [-0.15, -0.1) is 0 Å². The molecule has 2 aromatic carbocycles. The molecule has 1 fully saturated rings. The van der Waals surface area contributed by atoms with Crippen LogP contribution in [0.3, 0.4) is 0 Å². The number of hydrogen-bond donors (Lipinski definition) is 0. The van der Waals surface area contributed by atoms with Crippen molar-refractivity contribution < 1.29 is 4.11 Å². The van der Waals surface area contributed by atoms with Crippen molar-refractivity contribution in [2.75, 3.05) is 0 Å². The molecule has 2 aromatic rings. The van der Waals surface area contributed by atoms with E-state index in [4.69, 9.17) is 4.11 Å². The quantitative estimate of drug-likeness (QED) is 0.702. The molecule has 0 amide bonds. The largest absolute Gasteiger partial charge is 0.198 e. The van der Waals surface area contributed by atoms with E-state index in [9.17, 15) is 5.26 Å². The molecule has 1 aliphatic rings. The number of fused-ring (bicyclic) bond motifs is 1. The summed E-state index contributed by atoms with van der Waals surface area (Å²) in [5.74, 6) is -0.524. The molecule has 102 valence electrons. The van der Waals surface area contributed by atoms with Gasteiger partial charge in [-0.1, -0.05) is 55.7 Å². The molecule has 3 rings (SSSR count). The molecule has 1 saturated carbocycles. The Hall–Kier alpha value is -1.81. The van der Waals surface area contributed by atoms with Crippen LogP contribution in [0.1, 0.15) is 66.0 Å². The third kappa shape index (κ3) is 2.31. The van der Waals surface area contributed by atoms with Gasteiger partial charge in [0.2, 0.25) is 0 Å². The van der Waals surface area contributed by atoms with Gasteiger partial charge in [-0.05, 0) is 47.5 Å². The SMILES string of the molecule is [2H]C([2H])([2H])C(C#N)c1ccc(C2CCCCC2)c2ccccc12. The molecule has 1 unspecified atom stereocenters. The summed E-state index contributed by atoms with van der Waals surface area (Å²) in [6.45, 7) is -2.30. The van der Waals surface area contributed by atoms with Crippen molar-refractivity contribution in [2.45, 2.75) is 50.8 Å². The van der Waals surface area contributed by atoms with Gasteiger partial charge >= 0.3 is 0 Å². The van der Waals surface area contributed by atoms with E-state index < -0.39 is 12.8 Å². The highest BCUT2D eigenvalue weighted by atomic mass is 14.3. The fourth-order valence-electron chi connectivity index (χ4n) is 3.44. The van der Waals surface area contributed by atoms with E-state index in [0.29, 0.717) is 11.5 Å². The van der Waals surface area contributed by atoms with Crippen molar-refractivity contribution >= 4 is 10.8 Å². The fourth-order valence-corrected chi connectivity index (χ4v) is 3.44. The molecule has 0 aromatic heterocycles. The molecule has 1 aliphatic carbocycles. The highest BCUT2D eigenvalue weighted by Crippen LogP contribution is 2.38. The third-order valence-corrected chi connectivity index (χ3v) is 4.48. The van der Waals surface area contributed by atoms with E-state index in [0.717, 1.165) is 10.8 Å². The standard InChI is InChI=1S/C19H21N/c1-14(13-20)16-11-12-17(15-7-3-2-4-8-15)19-10-6-5-9-18(16)19/h5-6,9-12,14-15H,2-4,7-8H2,1H3/i1D3. The number of benzene rings is 2. The summed E-state index contributed by atoms with van der Waals surface area (Å²) < 4.78 is 23.0. The van der Waals surface area contributed by atoms with Crippen LogP contribution in [-0.2, 0) is 0 Å². The molecule has 1 atom stereocenters. The van der Waals surface area contributed by atoms with E-state index in [2.05, 4.69) is 12.1 Å². The summed E-state index contributed by atoms with van der Waals surface area (Å²) in [4.78, 5) is 0. The molecule has 1 heteroatoms. The topological polar surface area (TPSA) is 23.8 Å². The Balaban J connectivity index is 2.14. The Kier molecular flexibility index (Phi) is 2.83. The lowest BCUT2D eigenvalue weighted by atomic mass is 9.80. The summed E-state index contributed by atoms with van der Waals surface area (Å²) >= 11 is 0. The Bertz CT molecular complexity index is 736. The molecule has 20 heavy (non-hydrogen) atoms. The molecule has 0 spiro atoms. The van der Waals surface area contributed by atoms with Gasteiger partial charge in [0.1, 0.15) is 0 Å². The first-order valence-electron chi connectivity index (χ1n) is 8.93. The molecule has 0 radical (unpaired) electrons. The predicted octanol–water partition coefficient (Wildman–Crippen LogP) is 5.51. The van der Waals surface area contributed by atoms with Gasteiger partial charge in [-0.2, -0.15) is 5.26 Å². The van der Waals surface area contributed by atoms with Crippen LogP contribution in [0.25, 0.3) is 10.8 Å². The minimum absolute atomic E-state index is 0.552. The fraction of sp³-hybridized carbons (Fsp3) is 0.421. The lowest BCUT2D eigenvalue weighted by Gasteiger charge is -2.24. The van der Waals surface area contributed by atoms with Gasteiger partial charge in [0.25, 0.3) is 0 Å². The average molecular weight is 266 g/mol. The van der Waals surface area contributed by atoms with Crippen LogP contribution >= 0.6 is 0 Å². The second-order valence-corrected chi connectivity index (χ2v) is 5.69. The van der Waals surface area contributed by atoms with Crippen LogP contribution in [0.15, 0.2) is 36.4 Å². The van der Waals surface area contributed by atoms with Crippen molar-refractivity contribution in [3.63, 3.8) is 0 Å². The summed E-state index contributed by atoms with van der Waals surface area (Å²) in [6, 6.07) is 13.8. The lowest BCUT2D eigenvalue weighted by Crippen LogP contribution is -2.06. The second-order valence-electron chi connectivity index (χ2n) is 5.69. The van der Waals surface area contributed by atoms with Gasteiger partial charge in [0.15, 0.2) is 0 Å². The maximum atomic E-state index is 9.38. The number of nitrogens with zero attached hydrogens (tertiary/aromatic N) is 1. The van der Waals surface area contributed by atoms with Crippen LogP contribution in [0.5, 0.6) is 0 Å². The van der Waals surface area contributed by atoms with E-state index in [1.54, 1.807) is 0 Å². The maximum Gasteiger partial charge on any atom is 0.0701 e. The molecule has 0 bridgehead atoms. The molecular weight excluding hydrogens is 242 g/mol. The van der Waals surface area contributed by atoms with Crippen LogP contribution in [0.2, 0.25) is 0 Å². The molecular formula is C19H21N. The van der Waals surface area contributed by atoms with Crippen molar-refractivity contribution in [3.8, 4) is 6.07 Å². The molecule has 0 aliphatic heterocycles. The zero-order valence-corrected chi connectivity index (χ0v) is 11.6. The highest BCUT2D eigenvalue weighted by Gasteiger charge is 2.19. The van der Waals surface area contributed by atoms with E-state index >= 15 is 0 Å². The highest BCUT2D eigenvalue weighted by molar-refractivity contribution is 5.89. The van der Waals surface area contributed by atoms with E-state index in [1.165, 1.54) is 37.7 Å². The molecule has 1 nitrogen and oxygen atoms in total. The molecule has 0 saturated heterocycles. The Morgan fingerprint density at radius 3 is 2.55 bits per heavy atom. The van der Waals surface area contributed by atoms with Gasteiger partial charge in [-0.3, -0.25) is 0 Å². The van der Waals surface area contributed by atoms with Crippen LogP contribution < -0.4 is 0 Å². The summed E-state index contributed by atoms with van der Waals surface area (Å²) in [5, 5.41) is 11.4. The Labute approximate surface area is 125 Å². The zero-order chi connectivity index (χ0) is 16.4. The van der Waals surface area contributed by atoms with Crippen molar-refractivity contribution in [3.05, 3.63) is 47.5 Å². The lowest BCUT2D eigenvalue weighted by molar-refractivity contribution is 0.445. The second kappa shape index (κ2) is 5.67. The number of rotatable bonds is 2. The van der Waals surface area contributed by atoms with Crippen molar-refractivity contribution in [1.29, 1.82) is 5.26 Å². The minimum atomic E-state index is -2.30. The van der Waals surface area contributed by atoms with Gasteiger partial charge < -0.3 is 0 Å². The minimum Gasteiger partial charge on any atom is -0.198 e. The first kappa shape index (κ1) is 10.00. The monoisotopic (exact) mass is 266 g/mol. The third-order valence-electron chi connectivity index (χ3n) is 4.48. The smallest absolute Gasteiger partial charge is 0.0701 e. The summed E-state index contributed by atoms with van der Waals surface area (Å²) in [7, 11) is 0. The zero-order valence-electron chi connectivity index (χ0n) is 14.6. The Morgan fingerprint density at radius 1 is 1.10 bits per heavy atom. The number of nitriles is 1. The van der Waals surface area contributed by atoms with Crippen molar-refractivity contribution in [1.82, 2.24) is 0 Å². The normalized spacial score (nSPS) is 20.6. The first-order chi connectivity index (χ1) is 11.0. The predicted molar refractivity (Wildman–Crippen MR) is 83.8 cm³/mol. The number of hydrogen-bond acceptors (Lipinski definition) is 1. The molecule has 0 heterocycles. The average Bonchev–Trinajstić information content (AvgIpc) is 2.55. The molecule has 0 N–H and O–H groups in total. The summed E-state index contributed by atoms with van der Waals surface area (Å²) in [5.41, 5.74) is 1.94. The summed E-state index contributed by atoms with van der Waals surface area (Å²) in [6.07, 6.45) is 6.23. The van der Waals surface area contributed by atoms with Gasteiger partial charge in [0, 0.05) is 4.11 Å². The van der Waals surface area contributed by atoms with E-state index in [1.807, 2.05) is 30.3 Å². The van der Waals surface area contributed by atoms with E-state index in [-0.39, 0.29) is 0 Å². The maximum absolute atomic E-state index is 9.38. The first-order valence-corrected chi connectivity index (χ1v) is 7.43. The van der Waals surface area contributed by atoms with Crippen LogP contribution in [-0.4, -0.2) is 0 Å². The van der Waals surface area contributed by atoms with Crippen LogP contribution in [0, 0.1) is 11.3 Å². The van der Waals surface area contributed by atoms with Crippen LogP contribution in [0.4, 0.5) is 0 Å². The van der Waals surface area contributed by atoms with Gasteiger partial charge in [0.05, 0.1) is 12.0 Å². The Morgan fingerprint density at radius 2 is 1.85 bits per heavy atom.